The van der Waals surface area contributed by atoms with Gasteiger partial charge in [0, 0.05) is 35.2 Å². The maximum atomic E-state index is 14.5. The topological polar surface area (TPSA) is 102 Å². The molecule has 0 aromatic heterocycles. The molecule has 1 N–H and O–H groups in total. The number of nitro groups is 1. The molecule has 2 saturated heterocycles. The van der Waals surface area contributed by atoms with E-state index in [1.165, 1.54) is 31.4 Å². The molecule has 6 rings (SSSR count). The van der Waals surface area contributed by atoms with E-state index in [4.69, 9.17) is 4.74 Å². The Hall–Kier alpha value is -4.25. The monoisotopic (exact) mass is 551 g/mol. The number of benzene rings is 3. The minimum Gasteiger partial charge on any atom is -0.497 e. The van der Waals surface area contributed by atoms with E-state index in [0.717, 1.165) is 6.07 Å². The van der Waals surface area contributed by atoms with Crippen molar-refractivity contribution in [1.82, 2.24) is 4.90 Å². The number of hydrogen-bond acceptors (Lipinski definition) is 6. The highest BCUT2D eigenvalue weighted by atomic mass is 19.4. The number of nitro benzene ring substituents is 1. The number of fused-ring (bicyclic) bond motifs is 4. The number of non-ortho nitro benzene ring substituents is 1. The first-order valence-electron chi connectivity index (χ1n) is 12.8. The molecule has 3 unspecified atom stereocenters. The molecule has 206 valence electrons. The van der Waals surface area contributed by atoms with E-state index in [1.807, 2.05) is 4.90 Å². The Morgan fingerprint density at radius 1 is 1.10 bits per heavy atom. The Morgan fingerprint density at radius 3 is 2.42 bits per heavy atom. The Morgan fingerprint density at radius 2 is 1.80 bits per heavy atom. The molecular formula is C29H24F3N3O5. The number of rotatable bonds is 5. The van der Waals surface area contributed by atoms with E-state index < -0.39 is 45.7 Å². The summed E-state index contributed by atoms with van der Waals surface area (Å²) >= 11 is 0. The summed E-state index contributed by atoms with van der Waals surface area (Å²) in [5.41, 5.74) is -2.11. The number of hydrogen-bond donors (Lipinski definition) is 1. The van der Waals surface area contributed by atoms with Gasteiger partial charge >= 0.3 is 6.18 Å². The van der Waals surface area contributed by atoms with E-state index in [0.29, 0.717) is 30.7 Å². The van der Waals surface area contributed by atoms with Crippen molar-refractivity contribution in [3.63, 3.8) is 0 Å². The third-order valence-corrected chi connectivity index (χ3v) is 8.49. The lowest BCUT2D eigenvalue weighted by Gasteiger charge is -2.37. The van der Waals surface area contributed by atoms with Gasteiger partial charge in [0.1, 0.15) is 11.3 Å². The Kier molecular flexibility index (Phi) is 5.95. The number of carbonyl (C=O) groups is 2. The zero-order valence-corrected chi connectivity index (χ0v) is 21.3. The molecule has 40 heavy (non-hydrogen) atoms. The van der Waals surface area contributed by atoms with Crippen LogP contribution in [-0.2, 0) is 16.5 Å². The summed E-state index contributed by atoms with van der Waals surface area (Å²) in [4.78, 5) is 41.2. The summed E-state index contributed by atoms with van der Waals surface area (Å²) in [6.07, 6.45) is -3.43. The molecule has 2 fully saturated rings. The fourth-order valence-corrected chi connectivity index (χ4v) is 6.95. The molecular weight excluding hydrogens is 527 g/mol. The van der Waals surface area contributed by atoms with E-state index in [9.17, 15) is 32.9 Å². The fraction of sp³-hybridized carbons (Fsp3) is 0.310. The summed E-state index contributed by atoms with van der Waals surface area (Å²) < 4.78 is 47.4. The maximum absolute atomic E-state index is 14.5. The lowest BCUT2D eigenvalue weighted by atomic mass is 9.68. The first-order chi connectivity index (χ1) is 19.1. The molecule has 8 nitrogen and oxygen atoms in total. The van der Waals surface area contributed by atoms with Crippen LogP contribution in [0.4, 0.5) is 24.5 Å². The van der Waals surface area contributed by atoms with Crippen LogP contribution in [0.1, 0.15) is 45.8 Å². The summed E-state index contributed by atoms with van der Waals surface area (Å²) in [5, 5.41) is 13.8. The van der Waals surface area contributed by atoms with Crippen molar-refractivity contribution in [2.75, 3.05) is 19.0 Å². The van der Waals surface area contributed by atoms with Gasteiger partial charge in [-0.05, 0) is 55.3 Å². The van der Waals surface area contributed by atoms with Gasteiger partial charge in [-0.3, -0.25) is 24.6 Å². The molecule has 0 radical (unpaired) electrons. The highest BCUT2D eigenvalue weighted by molar-refractivity contribution is 6.13. The molecule has 4 atom stereocenters. The van der Waals surface area contributed by atoms with Crippen molar-refractivity contribution in [3.8, 4) is 5.75 Å². The molecule has 0 bridgehead atoms. The number of alkyl halides is 3. The molecule has 3 heterocycles. The molecule has 3 aliphatic heterocycles. The van der Waals surface area contributed by atoms with Gasteiger partial charge in [0.15, 0.2) is 5.78 Å². The number of ketones is 1. The number of ether oxygens (including phenoxy) is 1. The Balaban J connectivity index is 1.60. The van der Waals surface area contributed by atoms with Gasteiger partial charge < -0.3 is 10.1 Å². The van der Waals surface area contributed by atoms with Crippen LogP contribution in [0.5, 0.6) is 5.75 Å². The number of amides is 1. The van der Waals surface area contributed by atoms with Gasteiger partial charge in [-0.25, -0.2) is 0 Å². The standard InChI is InChI=1S/C29H24F3N3O5/c1-40-19-13-9-17(10-14-19)26(36)24-23(16-7-11-18(12-8-16)35(38)39)22-6-3-15-34(22)28(24)20-4-2-5-21(29(30,31)32)25(20)33-27(28)37/h2,4-5,7-14,22-24H,3,6,15H2,1H3,(H,33,37)/t22?,23?,24?,28-/m1/s1. The quantitative estimate of drug-likeness (QED) is 0.254. The van der Waals surface area contributed by atoms with Crippen LogP contribution in [0.15, 0.2) is 66.7 Å². The van der Waals surface area contributed by atoms with Gasteiger partial charge in [-0.1, -0.05) is 24.3 Å². The number of anilines is 1. The average Bonchev–Trinajstić information content (AvgIpc) is 3.60. The van der Waals surface area contributed by atoms with E-state index in [-0.39, 0.29) is 28.5 Å². The molecule has 3 aliphatic rings. The number of para-hydroxylation sites is 1. The number of carbonyl (C=O) groups excluding carboxylic acids is 2. The van der Waals surface area contributed by atoms with Crippen molar-refractivity contribution >= 4 is 23.1 Å². The van der Waals surface area contributed by atoms with Crippen LogP contribution in [0.25, 0.3) is 0 Å². The SMILES string of the molecule is COc1ccc(C(=O)C2C(c3ccc([N+](=O)[O-])cc3)C3CCCN3[C@@]23C(=O)Nc2c(C(F)(F)F)cccc23)cc1. The van der Waals surface area contributed by atoms with Crippen LogP contribution < -0.4 is 10.1 Å². The predicted molar refractivity (Wildman–Crippen MR) is 138 cm³/mol. The first-order valence-corrected chi connectivity index (χ1v) is 12.8. The number of methoxy groups -OCH3 is 1. The van der Waals surface area contributed by atoms with E-state index >= 15 is 0 Å². The lowest BCUT2D eigenvalue weighted by Crippen LogP contribution is -2.52. The van der Waals surface area contributed by atoms with E-state index in [1.54, 1.807) is 36.4 Å². The van der Waals surface area contributed by atoms with Gasteiger partial charge in [-0.15, -0.1) is 0 Å². The summed E-state index contributed by atoms with van der Waals surface area (Å²) in [5.74, 6) is -2.27. The van der Waals surface area contributed by atoms with Crippen LogP contribution in [0, 0.1) is 16.0 Å². The third kappa shape index (κ3) is 3.64. The molecule has 3 aromatic carbocycles. The van der Waals surface area contributed by atoms with Gasteiger partial charge in [-0.2, -0.15) is 13.2 Å². The van der Waals surface area contributed by atoms with E-state index in [2.05, 4.69) is 5.32 Å². The zero-order valence-electron chi connectivity index (χ0n) is 21.3. The van der Waals surface area contributed by atoms with Crippen LogP contribution in [-0.4, -0.2) is 41.2 Å². The molecule has 1 spiro atoms. The van der Waals surface area contributed by atoms with Crippen molar-refractivity contribution in [1.29, 1.82) is 0 Å². The molecule has 1 amide bonds. The average molecular weight is 552 g/mol. The lowest BCUT2D eigenvalue weighted by molar-refractivity contribution is -0.384. The second kappa shape index (κ2) is 9.16. The molecule has 11 heteroatoms. The van der Waals surface area contributed by atoms with Crippen molar-refractivity contribution in [2.45, 2.75) is 36.5 Å². The van der Waals surface area contributed by atoms with Crippen molar-refractivity contribution < 1.29 is 32.4 Å². The number of halogens is 3. The fourth-order valence-electron chi connectivity index (χ4n) is 6.95. The Labute approximate surface area is 226 Å². The third-order valence-electron chi connectivity index (χ3n) is 8.49. The number of Topliss-reactive ketones (excluding diaryl/α,β-unsaturated/α-hetero) is 1. The van der Waals surface area contributed by atoms with Crippen LogP contribution in [0.2, 0.25) is 0 Å². The van der Waals surface area contributed by atoms with Gasteiger partial charge in [0.05, 0.1) is 29.2 Å². The minimum atomic E-state index is -4.72. The highest BCUT2D eigenvalue weighted by Crippen LogP contribution is 2.62. The zero-order chi connectivity index (χ0) is 28.4. The van der Waals surface area contributed by atoms with Crippen molar-refractivity contribution in [2.24, 2.45) is 5.92 Å². The second-order valence-corrected chi connectivity index (χ2v) is 10.3. The largest absolute Gasteiger partial charge is 0.497 e. The molecule has 3 aromatic rings. The van der Waals surface area contributed by atoms with Crippen LogP contribution >= 0.6 is 0 Å². The molecule has 0 aliphatic carbocycles. The second-order valence-electron chi connectivity index (χ2n) is 10.3. The highest BCUT2D eigenvalue weighted by Gasteiger charge is 2.69. The van der Waals surface area contributed by atoms with Crippen LogP contribution in [0.3, 0.4) is 0 Å². The smallest absolute Gasteiger partial charge is 0.418 e. The van der Waals surface area contributed by atoms with Crippen molar-refractivity contribution in [3.05, 3.63) is 99.1 Å². The normalized spacial score (nSPS) is 25.5. The van der Waals surface area contributed by atoms with Gasteiger partial charge in [0.2, 0.25) is 5.91 Å². The summed E-state index contributed by atoms with van der Waals surface area (Å²) in [7, 11) is 1.49. The van der Waals surface area contributed by atoms with Gasteiger partial charge in [0.25, 0.3) is 5.69 Å². The molecule has 0 saturated carbocycles. The number of nitrogens with zero attached hydrogens (tertiary/aromatic N) is 2. The maximum Gasteiger partial charge on any atom is 0.418 e. The first kappa shape index (κ1) is 26.0. The summed E-state index contributed by atoms with van der Waals surface area (Å²) in [6, 6.07) is 15.5. The Bertz CT molecular complexity index is 1520. The summed E-state index contributed by atoms with van der Waals surface area (Å²) in [6.45, 7) is 0.406. The number of nitrogens with one attached hydrogen (secondary N) is 1. The minimum absolute atomic E-state index is 0.121. The predicted octanol–water partition coefficient (Wildman–Crippen LogP) is 5.53.